The summed E-state index contributed by atoms with van der Waals surface area (Å²) in [5, 5.41) is 34.4. The fourth-order valence-electron chi connectivity index (χ4n) is 6.08. The second-order valence-corrected chi connectivity index (χ2v) is 11.9. The maximum absolute atomic E-state index is 13.2. The third-order valence-corrected chi connectivity index (χ3v) is 8.89. The van der Waals surface area contributed by atoms with Crippen LogP contribution in [0.15, 0.2) is 83.7 Å². The van der Waals surface area contributed by atoms with Crippen molar-refractivity contribution in [3.8, 4) is 5.75 Å². The van der Waals surface area contributed by atoms with Gasteiger partial charge in [0.15, 0.2) is 0 Å². The number of aromatic hydroxyl groups is 1. The Morgan fingerprint density at radius 2 is 1.72 bits per heavy atom. The molecular weight excluding hydrogens is 600 g/mol. The molecule has 2 heterocycles. The first-order valence-corrected chi connectivity index (χ1v) is 15.8. The number of phenols is 1. The highest BCUT2D eigenvalue weighted by atomic mass is 16.4. The van der Waals surface area contributed by atoms with Gasteiger partial charge in [-0.3, -0.25) is 19.2 Å². The van der Waals surface area contributed by atoms with E-state index >= 15 is 0 Å². The van der Waals surface area contributed by atoms with Gasteiger partial charge >= 0.3 is 5.97 Å². The number of likely N-dealkylation sites (tertiary alicyclic amines) is 1. The lowest BCUT2D eigenvalue weighted by atomic mass is 9.73. The minimum absolute atomic E-state index is 0.0627. The number of phenolic OH excluding ortho intramolecular Hbond substituents is 1. The molecule has 11 heteroatoms. The number of aliphatic carboxylic acids is 1. The zero-order chi connectivity index (χ0) is 33.6. The lowest BCUT2D eigenvalue weighted by Gasteiger charge is -2.47. The van der Waals surface area contributed by atoms with Crippen LogP contribution in [0.1, 0.15) is 52.9 Å². The number of pyridine rings is 1. The maximum atomic E-state index is 13.2. The van der Waals surface area contributed by atoms with E-state index in [4.69, 9.17) is 0 Å². The molecule has 5 rings (SSSR count). The van der Waals surface area contributed by atoms with Crippen LogP contribution >= 0.6 is 0 Å². The number of nitrogens with zero attached hydrogens (tertiary/aromatic N) is 2. The largest absolute Gasteiger partial charge is 0.506 e. The summed E-state index contributed by atoms with van der Waals surface area (Å²) in [7, 11) is 0. The average molecular weight is 641 g/mol. The second-order valence-electron chi connectivity index (χ2n) is 11.9. The molecule has 1 aliphatic heterocycles. The van der Waals surface area contributed by atoms with Crippen molar-refractivity contribution in [2.75, 3.05) is 39.3 Å². The zero-order valence-electron chi connectivity index (χ0n) is 26.3. The number of nitrogens with one attached hydrogen (secondary N) is 2. The Balaban J connectivity index is 1.05. The Labute approximate surface area is 272 Å². The number of aryl methyl sites for hydroxylation is 1. The van der Waals surface area contributed by atoms with Gasteiger partial charge in [-0.15, -0.1) is 0 Å². The number of aliphatic hydroxyl groups excluding tert-OH is 1. The molecule has 3 aromatic carbocycles. The van der Waals surface area contributed by atoms with Gasteiger partial charge in [0.1, 0.15) is 11.2 Å². The number of hydrogen-bond donors (Lipinski definition) is 5. The summed E-state index contributed by atoms with van der Waals surface area (Å²) < 4.78 is 0. The topological polar surface area (TPSA) is 163 Å². The molecule has 0 spiro atoms. The molecule has 0 aliphatic carbocycles. The van der Waals surface area contributed by atoms with Crippen LogP contribution in [-0.4, -0.2) is 87.2 Å². The highest BCUT2D eigenvalue weighted by Gasteiger charge is 2.52. The number of H-pyrrole nitrogens is 1. The van der Waals surface area contributed by atoms with E-state index in [1.807, 2.05) is 25.1 Å². The highest BCUT2D eigenvalue weighted by molar-refractivity contribution is 5.94. The molecule has 1 fully saturated rings. The van der Waals surface area contributed by atoms with E-state index < -0.39 is 17.5 Å². The van der Waals surface area contributed by atoms with Gasteiger partial charge < -0.3 is 35.4 Å². The number of fused-ring (bicyclic) bond motifs is 1. The average Bonchev–Trinajstić information content (AvgIpc) is 3.05. The van der Waals surface area contributed by atoms with Gasteiger partial charge in [-0.2, -0.15) is 0 Å². The van der Waals surface area contributed by atoms with E-state index in [0.717, 1.165) is 5.56 Å². The Morgan fingerprint density at radius 1 is 1.00 bits per heavy atom. The number of carboxylic acids is 1. The van der Waals surface area contributed by atoms with Gasteiger partial charge in [0.2, 0.25) is 11.5 Å². The molecule has 11 nitrogen and oxygen atoms in total. The van der Waals surface area contributed by atoms with Gasteiger partial charge in [-0.25, -0.2) is 0 Å². The number of rotatable bonds is 14. The third kappa shape index (κ3) is 7.37. The molecule has 0 bridgehead atoms. The van der Waals surface area contributed by atoms with Crippen molar-refractivity contribution in [1.82, 2.24) is 20.1 Å². The molecule has 2 amide bonds. The van der Waals surface area contributed by atoms with E-state index in [-0.39, 0.29) is 54.7 Å². The van der Waals surface area contributed by atoms with E-state index in [1.165, 1.54) is 12.1 Å². The summed E-state index contributed by atoms with van der Waals surface area (Å²) in [6, 6.07) is 22.3. The lowest BCUT2D eigenvalue weighted by molar-refractivity contribution is -0.156. The monoisotopic (exact) mass is 640 g/mol. The number of carbonyl (C=O) groups is 3. The molecule has 1 aromatic heterocycles. The Hall–Kier alpha value is -5.00. The Bertz CT molecular complexity index is 1780. The van der Waals surface area contributed by atoms with Gasteiger partial charge in [0.25, 0.3) is 5.91 Å². The smallest absolute Gasteiger partial charge is 0.317 e. The van der Waals surface area contributed by atoms with Gasteiger partial charge in [-0.05, 0) is 67.3 Å². The van der Waals surface area contributed by atoms with Crippen LogP contribution in [0.2, 0.25) is 0 Å². The van der Waals surface area contributed by atoms with Gasteiger partial charge in [0, 0.05) is 56.2 Å². The van der Waals surface area contributed by atoms with Gasteiger partial charge in [-0.1, -0.05) is 48.5 Å². The molecule has 5 N–H and O–H groups in total. The number of hydrogen-bond acceptors (Lipinski definition) is 7. The van der Waals surface area contributed by atoms with Crippen molar-refractivity contribution >= 4 is 28.7 Å². The summed E-state index contributed by atoms with van der Waals surface area (Å²) >= 11 is 0. The first-order valence-electron chi connectivity index (χ1n) is 15.8. The fraction of sp³-hybridized carbons (Fsp3) is 0.333. The molecule has 0 saturated carbocycles. The van der Waals surface area contributed by atoms with Crippen LogP contribution in [-0.2, 0) is 21.4 Å². The molecule has 1 aliphatic rings. The van der Waals surface area contributed by atoms with E-state index in [0.29, 0.717) is 54.6 Å². The van der Waals surface area contributed by atoms with E-state index in [1.54, 1.807) is 58.3 Å². The SMILES string of the molecule is CCN(CCCNCC(O)c1ccc(O)c2[nH]c(=O)ccc12)C(=O)c1ccc(CCC(=O)N2CC(C(=O)O)(c3ccccc3)C2)cc1. The normalized spacial score (nSPS) is 14.4. The summed E-state index contributed by atoms with van der Waals surface area (Å²) in [5.41, 5.74) is 1.65. The Morgan fingerprint density at radius 3 is 2.40 bits per heavy atom. The Kier molecular flexibility index (Phi) is 10.4. The van der Waals surface area contributed by atoms with Crippen LogP contribution in [0.5, 0.6) is 5.75 Å². The summed E-state index contributed by atoms with van der Waals surface area (Å²) in [5.74, 6) is -1.17. The molecular formula is C36H40N4O7. The quantitative estimate of drug-likeness (QED) is 0.131. The number of carbonyl (C=O) groups excluding carboxylic acids is 2. The van der Waals surface area contributed by atoms with Gasteiger partial charge in [0.05, 0.1) is 11.6 Å². The fourth-order valence-corrected chi connectivity index (χ4v) is 6.08. The van der Waals surface area contributed by atoms with Crippen molar-refractivity contribution in [2.24, 2.45) is 0 Å². The lowest BCUT2D eigenvalue weighted by Crippen LogP contribution is -2.65. The van der Waals surface area contributed by atoms with Crippen LogP contribution in [0.4, 0.5) is 0 Å². The minimum Gasteiger partial charge on any atom is -0.506 e. The first kappa shape index (κ1) is 33.4. The number of amides is 2. The number of carboxylic acid groups (broad SMARTS) is 1. The van der Waals surface area contributed by atoms with E-state index in [2.05, 4.69) is 10.3 Å². The summed E-state index contributed by atoms with van der Waals surface area (Å²) in [4.78, 5) is 55.6. The molecule has 47 heavy (non-hydrogen) atoms. The molecule has 1 atom stereocenters. The van der Waals surface area contributed by atoms with Crippen molar-refractivity contribution in [3.63, 3.8) is 0 Å². The number of aromatic nitrogens is 1. The highest BCUT2D eigenvalue weighted by Crippen LogP contribution is 2.35. The predicted octanol–water partition coefficient (Wildman–Crippen LogP) is 3.21. The van der Waals surface area contributed by atoms with Crippen LogP contribution in [0.3, 0.4) is 0 Å². The molecule has 1 saturated heterocycles. The molecule has 0 radical (unpaired) electrons. The number of aromatic amines is 1. The maximum Gasteiger partial charge on any atom is 0.317 e. The van der Waals surface area contributed by atoms with Crippen LogP contribution in [0.25, 0.3) is 10.9 Å². The second kappa shape index (κ2) is 14.6. The zero-order valence-corrected chi connectivity index (χ0v) is 26.3. The van der Waals surface area contributed by atoms with Crippen molar-refractivity contribution in [2.45, 2.75) is 37.7 Å². The van der Waals surface area contributed by atoms with Crippen LogP contribution < -0.4 is 10.9 Å². The summed E-state index contributed by atoms with van der Waals surface area (Å²) in [6.07, 6.45) is 0.547. The minimum atomic E-state index is -1.06. The molecule has 4 aromatic rings. The molecule has 1 unspecified atom stereocenters. The van der Waals surface area contributed by atoms with Crippen molar-refractivity contribution in [1.29, 1.82) is 0 Å². The third-order valence-electron chi connectivity index (χ3n) is 8.89. The number of aliphatic hydroxyl groups is 1. The van der Waals surface area contributed by atoms with E-state index in [9.17, 15) is 34.5 Å². The van der Waals surface area contributed by atoms with Crippen molar-refractivity contribution < 1.29 is 29.7 Å². The molecule has 246 valence electrons. The summed E-state index contributed by atoms with van der Waals surface area (Å²) in [6.45, 7) is 4.11. The van der Waals surface area contributed by atoms with Crippen molar-refractivity contribution in [3.05, 3.63) is 111 Å². The number of benzene rings is 3. The standard InChI is InChI=1S/C36H40N4O7/c1-2-39(20-6-19-37-21-30(42)27-14-16-29(41)33-28(27)15-17-31(43)38-33)34(45)25-12-9-24(10-13-25)11-18-32(44)40-22-36(23-40,35(46)47)26-7-4-3-5-8-26/h3-5,7-10,12-17,30,37,41-42H,2,6,11,18-23H2,1H3,(H,38,43)(H,46,47). The predicted molar refractivity (Wildman–Crippen MR) is 177 cm³/mol. The first-order chi connectivity index (χ1) is 22.6. The van der Waals surface area contributed by atoms with Crippen LogP contribution in [0, 0.1) is 0 Å².